The van der Waals surface area contributed by atoms with E-state index in [9.17, 15) is 4.79 Å². The zero-order chi connectivity index (χ0) is 19.5. The van der Waals surface area contributed by atoms with E-state index in [2.05, 4.69) is 30.5 Å². The second-order valence-corrected chi connectivity index (χ2v) is 7.23. The second kappa shape index (κ2) is 8.12. The maximum Gasteiger partial charge on any atom is 0.227 e. The zero-order valence-corrected chi connectivity index (χ0v) is 16.3. The van der Waals surface area contributed by atoms with Gasteiger partial charge in [-0.1, -0.05) is 29.3 Å². The van der Waals surface area contributed by atoms with Gasteiger partial charge in [0.25, 0.3) is 0 Å². The van der Waals surface area contributed by atoms with Crippen LogP contribution >= 0.6 is 23.2 Å². The maximum atomic E-state index is 12.6. The summed E-state index contributed by atoms with van der Waals surface area (Å²) in [5.74, 6) is 1.25. The molecule has 3 aromatic rings. The van der Waals surface area contributed by atoms with Crippen molar-refractivity contribution in [3.63, 3.8) is 0 Å². The molecule has 2 aromatic heterocycles. The van der Waals surface area contributed by atoms with E-state index in [1.165, 1.54) is 6.33 Å². The van der Waals surface area contributed by atoms with Gasteiger partial charge in [-0.15, -0.1) is 10.2 Å². The maximum absolute atomic E-state index is 12.6. The van der Waals surface area contributed by atoms with Gasteiger partial charge in [-0.25, -0.2) is 9.67 Å². The second-order valence-electron chi connectivity index (χ2n) is 6.44. The third-order valence-electron chi connectivity index (χ3n) is 4.69. The minimum atomic E-state index is -0.0892. The van der Waals surface area contributed by atoms with Gasteiger partial charge in [0, 0.05) is 19.0 Å². The van der Waals surface area contributed by atoms with Crippen LogP contribution in [0.1, 0.15) is 12.8 Å². The van der Waals surface area contributed by atoms with Gasteiger partial charge in [0.1, 0.15) is 12.7 Å². The quantitative estimate of drug-likeness (QED) is 0.700. The van der Waals surface area contributed by atoms with Crippen LogP contribution in [0.5, 0.6) is 0 Å². The van der Waals surface area contributed by atoms with Crippen LogP contribution in [0.25, 0.3) is 5.82 Å². The largest absolute Gasteiger partial charge is 0.355 e. The molecule has 28 heavy (non-hydrogen) atoms. The molecule has 8 nitrogen and oxygen atoms in total. The van der Waals surface area contributed by atoms with Gasteiger partial charge in [-0.3, -0.25) is 4.79 Å². The van der Waals surface area contributed by atoms with Crippen molar-refractivity contribution in [1.29, 1.82) is 0 Å². The zero-order valence-electron chi connectivity index (χ0n) is 14.8. The van der Waals surface area contributed by atoms with Crippen molar-refractivity contribution in [2.75, 3.05) is 23.3 Å². The molecule has 0 radical (unpaired) electrons. The molecule has 1 aliphatic heterocycles. The summed E-state index contributed by atoms with van der Waals surface area (Å²) in [4.78, 5) is 18.6. The normalized spacial score (nSPS) is 14.9. The summed E-state index contributed by atoms with van der Waals surface area (Å²) in [5.41, 5.74) is 0.538. The lowest BCUT2D eigenvalue weighted by Gasteiger charge is -2.31. The van der Waals surface area contributed by atoms with Gasteiger partial charge in [0.15, 0.2) is 11.6 Å². The molecule has 1 aliphatic rings. The first kappa shape index (κ1) is 18.6. The molecule has 3 heterocycles. The highest BCUT2D eigenvalue weighted by Crippen LogP contribution is 2.31. The van der Waals surface area contributed by atoms with E-state index in [0.29, 0.717) is 21.6 Å². The number of carbonyl (C=O) groups excluding carboxylic acids is 1. The average molecular weight is 418 g/mol. The molecule has 0 aliphatic carbocycles. The molecule has 0 bridgehead atoms. The summed E-state index contributed by atoms with van der Waals surface area (Å²) in [5, 5.41) is 16.1. The Morgan fingerprint density at radius 2 is 1.82 bits per heavy atom. The number of amides is 1. The Labute approximate surface area is 171 Å². The molecule has 144 valence electrons. The number of hydrogen-bond acceptors (Lipinski definition) is 6. The summed E-state index contributed by atoms with van der Waals surface area (Å²) >= 11 is 12.2. The van der Waals surface area contributed by atoms with Gasteiger partial charge in [-0.05, 0) is 37.1 Å². The Morgan fingerprint density at radius 3 is 2.50 bits per heavy atom. The Hall–Kier alpha value is -2.71. The highest BCUT2D eigenvalue weighted by molar-refractivity contribution is 6.44. The van der Waals surface area contributed by atoms with Crippen molar-refractivity contribution < 1.29 is 4.79 Å². The Balaban J connectivity index is 1.35. The molecule has 10 heteroatoms. The molecule has 1 saturated heterocycles. The van der Waals surface area contributed by atoms with E-state index in [0.717, 1.165) is 31.7 Å². The molecule has 1 N–H and O–H groups in total. The van der Waals surface area contributed by atoms with Crippen LogP contribution in [0.4, 0.5) is 11.5 Å². The van der Waals surface area contributed by atoms with Gasteiger partial charge >= 0.3 is 0 Å². The number of hydrogen-bond donors (Lipinski definition) is 1. The summed E-state index contributed by atoms with van der Waals surface area (Å²) in [6.07, 6.45) is 4.45. The lowest BCUT2D eigenvalue weighted by molar-refractivity contribution is -0.120. The minimum Gasteiger partial charge on any atom is -0.355 e. The highest BCUT2D eigenvalue weighted by Gasteiger charge is 2.26. The first-order valence-corrected chi connectivity index (χ1v) is 9.56. The molecular formula is C18H17Cl2N7O. The predicted octanol–water partition coefficient (Wildman–Crippen LogP) is 3.22. The van der Waals surface area contributed by atoms with E-state index in [4.69, 9.17) is 23.2 Å². The van der Waals surface area contributed by atoms with Crippen LogP contribution in [-0.4, -0.2) is 44.0 Å². The number of halogens is 2. The fourth-order valence-electron chi connectivity index (χ4n) is 3.14. The number of anilines is 2. The summed E-state index contributed by atoms with van der Waals surface area (Å²) in [6.45, 7) is 1.44. The molecule has 4 rings (SSSR count). The van der Waals surface area contributed by atoms with E-state index < -0.39 is 0 Å². The SMILES string of the molecule is O=C(Nc1cccc(Cl)c1Cl)C1CCN(c2ccc(-n3cncn3)nn2)CC1. The molecule has 0 unspecified atom stereocenters. The standard InChI is InChI=1S/C18H17Cl2N7O/c19-13-2-1-3-14(17(13)20)23-18(28)12-6-8-26(9-7-12)15-4-5-16(25-24-15)27-11-21-10-22-27/h1-5,10-12H,6-9H2,(H,23,28). The van der Waals surface area contributed by atoms with Crippen LogP contribution in [0.15, 0.2) is 43.0 Å². The van der Waals surface area contributed by atoms with Crippen LogP contribution in [-0.2, 0) is 4.79 Å². The molecule has 0 atom stereocenters. The van der Waals surface area contributed by atoms with Crippen molar-refractivity contribution in [3.05, 3.63) is 53.0 Å². The van der Waals surface area contributed by atoms with Crippen LogP contribution in [0, 0.1) is 5.92 Å². The number of aromatic nitrogens is 5. The van der Waals surface area contributed by atoms with Crippen LogP contribution < -0.4 is 10.2 Å². The fourth-order valence-corrected chi connectivity index (χ4v) is 3.49. The van der Waals surface area contributed by atoms with Crippen molar-refractivity contribution in [1.82, 2.24) is 25.0 Å². The minimum absolute atomic E-state index is 0.0450. The molecule has 0 spiro atoms. The summed E-state index contributed by atoms with van der Waals surface area (Å²) < 4.78 is 1.55. The summed E-state index contributed by atoms with van der Waals surface area (Å²) in [7, 11) is 0. The topological polar surface area (TPSA) is 88.8 Å². The van der Waals surface area contributed by atoms with Gasteiger partial charge < -0.3 is 10.2 Å². The van der Waals surface area contributed by atoms with E-state index in [-0.39, 0.29) is 11.8 Å². The number of rotatable bonds is 4. The number of nitrogens with one attached hydrogen (secondary N) is 1. The summed E-state index contributed by atoms with van der Waals surface area (Å²) in [6, 6.07) is 8.93. The predicted molar refractivity (Wildman–Crippen MR) is 107 cm³/mol. The van der Waals surface area contributed by atoms with Crippen molar-refractivity contribution >= 4 is 40.6 Å². The van der Waals surface area contributed by atoms with Crippen molar-refractivity contribution in [2.24, 2.45) is 5.92 Å². The molecule has 1 amide bonds. The Bertz CT molecular complexity index is 955. The van der Waals surface area contributed by atoms with Gasteiger partial charge in [-0.2, -0.15) is 5.10 Å². The average Bonchev–Trinajstić information content (AvgIpc) is 3.26. The van der Waals surface area contributed by atoms with Crippen molar-refractivity contribution in [3.8, 4) is 5.82 Å². The monoisotopic (exact) mass is 417 g/mol. The Kier molecular flexibility index (Phi) is 5.40. The van der Waals surface area contributed by atoms with Crippen LogP contribution in [0.2, 0.25) is 10.0 Å². The number of piperidine rings is 1. The highest BCUT2D eigenvalue weighted by atomic mass is 35.5. The smallest absolute Gasteiger partial charge is 0.227 e. The molecule has 0 saturated carbocycles. The lowest BCUT2D eigenvalue weighted by atomic mass is 9.96. The molecular weight excluding hydrogens is 401 g/mol. The number of carbonyl (C=O) groups is 1. The Morgan fingerprint density at radius 1 is 1.07 bits per heavy atom. The van der Waals surface area contributed by atoms with Crippen molar-refractivity contribution in [2.45, 2.75) is 12.8 Å². The van der Waals surface area contributed by atoms with E-state index >= 15 is 0 Å². The fraction of sp³-hybridized carbons (Fsp3) is 0.278. The van der Waals surface area contributed by atoms with Crippen LogP contribution in [0.3, 0.4) is 0 Å². The first-order chi connectivity index (χ1) is 13.6. The van der Waals surface area contributed by atoms with E-state index in [1.54, 1.807) is 29.2 Å². The number of nitrogens with zero attached hydrogens (tertiary/aromatic N) is 6. The third kappa shape index (κ3) is 3.93. The third-order valence-corrected chi connectivity index (χ3v) is 5.51. The van der Waals surface area contributed by atoms with Gasteiger partial charge in [0.05, 0.1) is 15.7 Å². The molecule has 1 aromatic carbocycles. The van der Waals surface area contributed by atoms with Gasteiger partial charge in [0.2, 0.25) is 5.91 Å². The van der Waals surface area contributed by atoms with E-state index in [1.807, 2.05) is 12.1 Å². The first-order valence-electron chi connectivity index (χ1n) is 8.80. The lowest BCUT2D eigenvalue weighted by Crippen LogP contribution is -2.38. The number of benzene rings is 1. The molecule has 1 fully saturated rings.